The van der Waals surface area contributed by atoms with Crippen LogP contribution in [0.4, 0.5) is 5.69 Å². The molecule has 102 valence electrons. The minimum atomic E-state index is 0.239. The maximum absolute atomic E-state index is 9.04. The van der Waals surface area contributed by atoms with Gasteiger partial charge in [-0.2, -0.15) is 5.26 Å². The van der Waals surface area contributed by atoms with Crippen LogP contribution in [0.2, 0.25) is 0 Å². The molecule has 0 bridgehead atoms. The van der Waals surface area contributed by atoms with Gasteiger partial charge in [-0.15, -0.1) is 0 Å². The van der Waals surface area contributed by atoms with Crippen molar-refractivity contribution in [3.05, 3.63) is 41.9 Å². The van der Waals surface area contributed by atoms with Gasteiger partial charge in [0.2, 0.25) is 5.82 Å². The zero-order valence-corrected chi connectivity index (χ0v) is 12.1. The lowest BCUT2D eigenvalue weighted by Gasteiger charge is -2.12. The SMILES string of the molecule is CCCc1cc(-c2ccc(N(C)C)cc2)nc(C#N)n1. The molecule has 4 nitrogen and oxygen atoms in total. The van der Waals surface area contributed by atoms with Gasteiger partial charge in [0.25, 0.3) is 0 Å². The van der Waals surface area contributed by atoms with Crippen molar-refractivity contribution in [3.63, 3.8) is 0 Å². The van der Waals surface area contributed by atoms with E-state index in [1.807, 2.05) is 55.4 Å². The summed E-state index contributed by atoms with van der Waals surface area (Å²) in [6.45, 7) is 2.10. The number of hydrogen-bond donors (Lipinski definition) is 0. The first-order valence-corrected chi connectivity index (χ1v) is 6.70. The molecule has 0 aliphatic carbocycles. The zero-order valence-electron chi connectivity index (χ0n) is 12.1. The van der Waals surface area contributed by atoms with Crippen molar-refractivity contribution >= 4 is 5.69 Å². The molecule has 0 aliphatic heterocycles. The highest BCUT2D eigenvalue weighted by atomic mass is 15.1. The molecule has 1 aromatic carbocycles. The Balaban J connectivity index is 2.41. The van der Waals surface area contributed by atoms with E-state index < -0.39 is 0 Å². The number of nitrogens with zero attached hydrogens (tertiary/aromatic N) is 4. The average molecular weight is 266 g/mol. The van der Waals surface area contributed by atoms with Gasteiger partial charge in [0.15, 0.2) is 0 Å². The van der Waals surface area contributed by atoms with E-state index in [-0.39, 0.29) is 5.82 Å². The highest BCUT2D eigenvalue weighted by molar-refractivity contribution is 5.63. The Hall–Kier alpha value is -2.41. The maximum atomic E-state index is 9.04. The molecular weight excluding hydrogens is 248 g/mol. The molecule has 2 aromatic rings. The zero-order chi connectivity index (χ0) is 14.5. The fourth-order valence-electron chi connectivity index (χ4n) is 2.01. The minimum Gasteiger partial charge on any atom is -0.378 e. The minimum absolute atomic E-state index is 0.239. The van der Waals surface area contributed by atoms with E-state index >= 15 is 0 Å². The molecule has 1 aromatic heterocycles. The first kappa shape index (κ1) is 14.0. The Morgan fingerprint density at radius 2 is 1.85 bits per heavy atom. The van der Waals surface area contributed by atoms with Crippen LogP contribution in [0.15, 0.2) is 30.3 Å². The van der Waals surface area contributed by atoms with Gasteiger partial charge in [0.1, 0.15) is 6.07 Å². The van der Waals surface area contributed by atoms with E-state index in [1.165, 1.54) is 0 Å². The van der Waals surface area contributed by atoms with Gasteiger partial charge in [-0.1, -0.05) is 25.5 Å². The molecule has 0 atom stereocenters. The molecule has 0 aliphatic rings. The van der Waals surface area contributed by atoms with E-state index in [2.05, 4.69) is 16.9 Å². The van der Waals surface area contributed by atoms with Gasteiger partial charge in [-0.05, 0) is 24.6 Å². The standard InChI is InChI=1S/C16H18N4/c1-4-5-13-10-15(19-16(11-17)18-13)12-6-8-14(9-7-12)20(2)3/h6-10H,4-5H2,1-3H3. The van der Waals surface area contributed by atoms with Crippen LogP contribution < -0.4 is 4.90 Å². The van der Waals surface area contributed by atoms with E-state index in [4.69, 9.17) is 5.26 Å². The Morgan fingerprint density at radius 1 is 1.15 bits per heavy atom. The summed E-state index contributed by atoms with van der Waals surface area (Å²) in [5.74, 6) is 0.239. The fourth-order valence-corrected chi connectivity index (χ4v) is 2.01. The van der Waals surface area contributed by atoms with E-state index in [1.54, 1.807) is 0 Å². The molecule has 0 saturated carbocycles. The lowest BCUT2D eigenvalue weighted by Crippen LogP contribution is -2.08. The van der Waals surface area contributed by atoms with Gasteiger partial charge in [-0.3, -0.25) is 0 Å². The van der Waals surface area contributed by atoms with Gasteiger partial charge in [0, 0.05) is 31.0 Å². The molecule has 20 heavy (non-hydrogen) atoms. The molecular formula is C16H18N4. The van der Waals surface area contributed by atoms with Gasteiger partial charge < -0.3 is 4.90 Å². The highest BCUT2D eigenvalue weighted by Crippen LogP contribution is 2.21. The summed E-state index contributed by atoms with van der Waals surface area (Å²) in [5.41, 5.74) is 3.87. The van der Waals surface area contributed by atoms with Crippen LogP contribution in [-0.2, 0) is 6.42 Å². The molecule has 1 heterocycles. The Kier molecular flexibility index (Phi) is 4.31. The molecule has 0 saturated heterocycles. The Morgan fingerprint density at radius 3 is 2.40 bits per heavy atom. The Bertz CT molecular complexity index is 624. The second-order valence-electron chi connectivity index (χ2n) is 4.87. The first-order chi connectivity index (χ1) is 9.63. The largest absolute Gasteiger partial charge is 0.378 e. The summed E-state index contributed by atoms with van der Waals surface area (Å²) in [4.78, 5) is 10.6. The second-order valence-corrected chi connectivity index (χ2v) is 4.87. The molecule has 0 radical (unpaired) electrons. The van der Waals surface area contributed by atoms with Crippen molar-refractivity contribution < 1.29 is 0 Å². The quantitative estimate of drug-likeness (QED) is 0.853. The van der Waals surface area contributed by atoms with Crippen LogP contribution in [0.3, 0.4) is 0 Å². The molecule has 0 amide bonds. The predicted molar refractivity (Wildman–Crippen MR) is 80.5 cm³/mol. The lowest BCUT2D eigenvalue weighted by molar-refractivity contribution is 0.868. The molecule has 2 rings (SSSR count). The molecule has 0 N–H and O–H groups in total. The van der Waals surface area contributed by atoms with Gasteiger partial charge in [0.05, 0.1) is 5.69 Å². The molecule has 4 heteroatoms. The third-order valence-corrected chi connectivity index (χ3v) is 3.06. The van der Waals surface area contributed by atoms with E-state index in [9.17, 15) is 0 Å². The summed E-state index contributed by atoms with van der Waals surface area (Å²) in [5, 5.41) is 9.04. The summed E-state index contributed by atoms with van der Waals surface area (Å²) in [6.07, 6.45) is 1.86. The fraction of sp³-hybridized carbons (Fsp3) is 0.312. The first-order valence-electron chi connectivity index (χ1n) is 6.70. The van der Waals surface area contributed by atoms with Crippen LogP contribution in [0.1, 0.15) is 24.9 Å². The van der Waals surface area contributed by atoms with Crippen molar-refractivity contribution in [1.29, 1.82) is 5.26 Å². The number of aryl methyl sites for hydroxylation is 1. The van der Waals surface area contributed by atoms with Crippen LogP contribution >= 0.6 is 0 Å². The van der Waals surface area contributed by atoms with Crippen LogP contribution in [0.5, 0.6) is 0 Å². The third kappa shape index (κ3) is 3.12. The number of rotatable bonds is 4. The molecule has 0 unspecified atom stereocenters. The van der Waals surface area contributed by atoms with Crippen molar-refractivity contribution in [3.8, 4) is 17.3 Å². The summed E-state index contributed by atoms with van der Waals surface area (Å²) in [7, 11) is 4.01. The average Bonchev–Trinajstić information content (AvgIpc) is 2.47. The van der Waals surface area contributed by atoms with Crippen molar-refractivity contribution in [2.75, 3.05) is 19.0 Å². The monoisotopic (exact) mass is 266 g/mol. The second kappa shape index (κ2) is 6.16. The van der Waals surface area contributed by atoms with E-state index in [0.29, 0.717) is 0 Å². The molecule has 0 spiro atoms. The number of hydrogen-bond acceptors (Lipinski definition) is 4. The van der Waals surface area contributed by atoms with Crippen molar-refractivity contribution in [1.82, 2.24) is 9.97 Å². The normalized spacial score (nSPS) is 10.1. The summed E-state index contributed by atoms with van der Waals surface area (Å²) >= 11 is 0. The van der Waals surface area contributed by atoms with E-state index in [0.717, 1.165) is 35.5 Å². The number of anilines is 1. The van der Waals surface area contributed by atoms with Crippen molar-refractivity contribution in [2.24, 2.45) is 0 Å². The summed E-state index contributed by atoms with van der Waals surface area (Å²) in [6, 6.07) is 12.1. The smallest absolute Gasteiger partial charge is 0.232 e. The van der Waals surface area contributed by atoms with Gasteiger partial charge >= 0.3 is 0 Å². The van der Waals surface area contributed by atoms with Crippen LogP contribution in [0, 0.1) is 11.3 Å². The maximum Gasteiger partial charge on any atom is 0.232 e. The number of nitriles is 1. The third-order valence-electron chi connectivity index (χ3n) is 3.06. The Labute approximate surface area is 119 Å². The lowest BCUT2D eigenvalue weighted by atomic mass is 10.1. The van der Waals surface area contributed by atoms with Crippen LogP contribution in [-0.4, -0.2) is 24.1 Å². The highest BCUT2D eigenvalue weighted by Gasteiger charge is 2.06. The van der Waals surface area contributed by atoms with Gasteiger partial charge in [-0.25, -0.2) is 9.97 Å². The predicted octanol–water partition coefficient (Wildman–Crippen LogP) is 3.03. The number of benzene rings is 1. The topological polar surface area (TPSA) is 52.8 Å². The van der Waals surface area contributed by atoms with Crippen molar-refractivity contribution in [2.45, 2.75) is 19.8 Å². The summed E-state index contributed by atoms with van der Waals surface area (Å²) < 4.78 is 0. The number of aromatic nitrogens is 2. The molecule has 0 fully saturated rings. The van der Waals surface area contributed by atoms with Crippen LogP contribution in [0.25, 0.3) is 11.3 Å².